The summed E-state index contributed by atoms with van der Waals surface area (Å²) in [6, 6.07) is 0. The second-order valence-electron chi connectivity index (χ2n) is 2.41. The maximum Gasteiger partial charge on any atom is 0.00736 e. The maximum atomic E-state index is 3.01. The van der Waals surface area contributed by atoms with Crippen molar-refractivity contribution in [3.63, 3.8) is 0 Å². The average Bonchev–Trinajstić information content (AvgIpc) is 2.16. The number of hydrogen-bond acceptors (Lipinski definition) is 4. The molecule has 0 aromatic carbocycles. The Kier molecular flexibility index (Phi) is 42.5. The highest BCUT2D eigenvalue weighted by molar-refractivity contribution is 4.38. The lowest BCUT2D eigenvalue weighted by Gasteiger charge is -1.92. The van der Waals surface area contributed by atoms with Gasteiger partial charge in [-0.25, -0.2) is 0 Å². The first-order valence-corrected chi connectivity index (χ1v) is 4.77. The molecule has 4 nitrogen and oxygen atoms in total. The van der Waals surface area contributed by atoms with Gasteiger partial charge in [0.25, 0.3) is 0 Å². The summed E-state index contributed by atoms with van der Waals surface area (Å²) < 4.78 is 0. The van der Waals surface area contributed by atoms with Crippen molar-refractivity contribution >= 4 is 0 Å². The Labute approximate surface area is 83.9 Å². The molecule has 0 atom stereocenters. The van der Waals surface area contributed by atoms with E-state index in [0.717, 1.165) is 19.6 Å². The molecular formula is C9H28N4. The predicted octanol–water partition coefficient (Wildman–Crippen LogP) is -0.513. The molecule has 0 bridgehead atoms. The molecule has 4 N–H and O–H groups in total. The topological polar surface area (TPSA) is 48.1 Å². The monoisotopic (exact) mass is 192 g/mol. The Hall–Kier alpha value is -0.160. The fourth-order valence-electron chi connectivity index (χ4n) is 0.250. The van der Waals surface area contributed by atoms with Gasteiger partial charge in [-0.1, -0.05) is 6.92 Å². The Morgan fingerprint density at radius 1 is 0.692 bits per heavy atom. The van der Waals surface area contributed by atoms with Crippen molar-refractivity contribution in [1.82, 2.24) is 21.3 Å². The van der Waals surface area contributed by atoms with E-state index in [1.807, 2.05) is 35.2 Å². The van der Waals surface area contributed by atoms with Crippen LogP contribution in [0.5, 0.6) is 0 Å². The molecule has 0 amide bonds. The third kappa shape index (κ3) is 77.7. The van der Waals surface area contributed by atoms with E-state index in [2.05, 4.69) is 28.2 Å². The van der Waals surface area contributed by atoms with Crippen LogP contribution >= 0.6 is 0 Å². The Morgan fingerprint density at radius 3 is 1.00 bits per heavy atom. The third-order valence-electron chi connectivity index (χ3n) is 0.979. The van der Waals surface area contributed by atoms with E-state index >= 15 is 0 Å². The normalized spacial score (nSPS) is 7.85. The van der Waals surface area contributed by atoms with Crippen LogP contribution in [0.4, 0.5) is 0 Å². The minimum absolute atomic E-state index is 1.05. The first-order valence-electron chi connectivity index (χ1n) is 4.77. The highest BCUT2D eigenvalue weighted by atomic mass is 14.9. The average molecular weight is 192 g/mol. The van der Waals surface area contributed by atoms with Crippen LogP contribution in [-0.4, -0.2) is 54.9 Å². The maximum absolute atomic E-state index is 3.01. The molecule has 0 saturated heterocycles. The van der Waals surface area contributed by atoms with E-state index in [0.29, 0.717) is 0 Å². The van der Waals surface area contributed by atoms with E-state index in [4.69, 9.17) is 0 Å². The lowest BCUT2D eigenvalue weighted by Crippen LogP contribution is -2.21. The molecule has 0 saturated carbocycles. The van der Waals surface area contributed by atoms with Crippen LogP contribution in [0, 0.1) is 0 Å². The molecular weight excluding hydrogens is 164 g/mol. The standard InChI is InChI=1S/C4H12N2.C3H9N.C2H7N/c1-5-3-4-6-2;1-3-4-2;1-3-2/h5-6H,3-4H2,1-2H3;4H,3H2,1-2H3;3H,1-2H3. The van der Waals surface area contributed by atoms with Gasteiger partial charge in [-0.2, -0.15) is 0 Å². The van der Waals surface area contributed by atoms with Crippen LogP contribution in [0.3, 0.4) is 0 Å². The van der Waals surface area contributed by atoms with Crippen LogP contribution < -0.4 is 21.3 Å². The van der Waals surface area contributed by atoms with Crippen LogP contribution in [0.15, 0.2) is 0 Å². The number of nitrogens with one attached hydrogen (secondary N) is 4. The van der Waals surface area contributed by atoms with Crippen LogP contribution in [0.1, 0.15) is 6.92 Å². The predicted molar refractivity (Wildman–Crippen MR) is 62.4 cm³/mol. The zero-order chi connectivity index (χ0) is 10.9. The van der Waals surface area contributed by atoms with Gasteiger partial charge >= 0.3 is 0 Å². The van der Waals surface area contributed by atoms with Gasteiger partial charge in [0.15, 0.2) is 0 Å². The van der Waals surface area contributed by atoms with Gasteiger partial charge in [-0.15, -0.1) is 0 Å². The lowest BCUT2D eigenvalue weighted by molar-refractivity contribution is 0.718. The second kappa shape index (κ2) is 29.7. The van der Waals surface area contributed by atoms with E-state index in [-0.39, 0.29) is 0 Å². The summed E-state index contributed by atoms with van der Waals surface area (Å²) in [4.78, 5) is 0. The number of likely N-dealkylation sites (N-methyl/N-ethyl adjacent to an activating group) is 2. The fraction of sp³-hybridized carbons (Fsp3) is 1.00. The van der Waals surface area contributed by atoms with Crippen molar-refractivity contribution in [2.24, 2.45) is 0 Å². The zero-order valence-electron chi connectivity index (χ0n) is 10.1. The summed E-state index contributed by atoms with van der Waals surface area (Å²) in [6.45, 7) is 5.24. The molecule has 0 aromatic heterocycles. The van der Waals surface area contributed by atoms with Crippen LogP contribution in [-0.2, 0) is 0 Å². The van der Waals surface area contributed by atoms with Crippen LogP contribution in [0.2, 0.25) is 0 Å². The Morgan fingerprint density at radius 2 is 0.923 bits per heavy atom. The second-order valence-corrected chi connectivity index (χ2v) is 2.41. The SMILES string of the molecule is CCNC.CNC.CNCCNC. The van der Waals surface area contributed by atoms with Crippen LogP contribution in [0.25, 0.3) is 0 Å². The van der Waals surface area contributed by atoms with Crippen molar-refractivity contribution in [1.29, 1.82) is 0 Å². The van der Waals surface area contributed by atoms with Gasteiger partial charge < -0.3 is 21.3 Å². The minimum Gasteiger partial charge on any atom is -0.323 e. The molecule has 13 heavy (non-hydrogen) atoms. The van der Waals surface area contributed by atoms with Crippen molar-refractivity contribution in [3.05, 3.63) is 0 Å². The molecule has 0 aromatic rings. The smallest absolute Gasteiger partial charge is 0.00736 e. The molecule has 0 unspecified atom stereocenters. The Bertz CT molecular complexity index is 44.9. The minimum atomic E-state index is 1.05. The molecule has 0 fully saturated rings. The van der Waals surface area contributed by atoms with Crippen molar-refractivity contribution in [3.8, 4) is 0 Å². The summed E-state index contributed by atoms with van der Waals surface area (Å²) in [6.07, 6.45) is 0. The zero-order valence-corrected chi connectivity index (χ0v) is 10.1. The molecule has 4 heteroatoms. The van der Waals surface area contributed by atoms with Gasteiger partial charge in [0.2, 0.25) is 0 Å². The van der Waals surface area contributed by atoms with E-state index in [9.17, 15) is 0 Å². The fourth-order valence-corrected chi connectivity index (χ4v) is 0.250. The van der Waals surface area contributed by atoms with Crippen molar-refractivity contribution < 1.29 is 0 Å². The molecule has 0 aliphatic carbocycles. The molecule has 0 rings (SSSR count). The molecule has 84 valence electrons. The lowest BCUT2D eigenvalue weighted by atomic mass is 10.6. The molecule has 0 radical (unpaired) electrons. The molecule has 0 aliphatic rings. The summed E-state index contributed by atoms with van der Waals surface area (Å²) in [5.41, 5.74) is 0. The van der Waals surface area contributed by atoms with E-state index in [1.165, 1.54) is 0 Å². The largest absolute Gasteiger partial charge is 0.323 e. The summed E-state index contributed by atoms with van der Waals surface area (Å²) in [7, 11) is 9.56. The van der Waals surface area contributed by atoms with Crippen molar-refractivity contribution in [2.45, 2.75) is 6.92 Å². The highest BCUT2D eigenvalue weighted by Crippen LogP contribution is 1.45. The summed E-state index contributed by atoms with van der Waals surface area (Å²) >= 11 is 0. The number of hydrogen-bond donors (Lipinski definition) is 4. The molecule has 0 heterocycles. The van der Waals surface area contributed by atoms with Crippen molar-refractivity contribution in [2.75, 3.05) is 54.9 Å². The van der Waals surface area contributed by atoms with Gasteiger partial charge in [-0.05, 0) is 41.8 Å². The summed E-state index contributed by atoms with van der Waals surface area (Å²) in [5, 5.41) is 11.7. The first kappa shape index (κ1) is 18.6. The van der Waals surface area contributed by atoms with Gasteiger partial charge in [-0.3, -0.25) is 0 Å². The Balaban J connectivity index is -0.000000125. The van der Waals surface area contributed by atoms with Gasteiger partial charge in [0.1, 0.15) is 0 Å². The van der Waals surface area contributed by atoms with Gasteiger partial charge in [0, 0.05) is 13.1 Å². The van der Waals surface area contributed by atoms with E-state index < -0.39 is 0 Å². The third-order valence-corrected chi connectivity index (χ3v) is 0.979. The quantitative estimate of drug-likeness (QED) is 0.453. The molecule has 0 aliphatic heterocycles. The van der Waals surface area contributed by atoms with E-state index in [1.54, 1.807) is 0 Å². The summed E-state index contributed by atoms with van der Waals surface area (Å²) in [5.74, 6) is 0. The highest BCUT2D eigenvalue weighted by Gasteiger charge is 1.71. The number of rotatable bonds is 4. The first-order chi connectivity index (χ1) is 6.24. The molecule has 0 spiro atoms. The van der Waals surface area contributed by atoms with Gasteiger partial charge in [0.05, 0.1) is 0 Å².